The topological polar surface area (TPSA) is 38.9 Å². The largest absolute Gasteiger partial charge is 0.339 e. The summed E-state index contributed by atoms with van der Waals surface area (Å²) < 4.78 is 5.20. The SMILES string of the molecule is CCC(Cl)c1noc(CC2CCCC2)n1. The molecule has 1 aromatic rings. The highest BCUT2D eigenvalue weighted by atomic mass is 35.5. The molecule has 1 unspecified atom stereocenters. The first-order chi connectivity index (χ1) is 7.29. The van der Waals surface area contributed by atoms with Crippen molar-refractivity contribution in [3.8, 4) is 0 Å². The van der Waals surface area contributed by atoms with Gasteiger partial charge in [-0.2, -0.15) is 4.98 Å². The van der Waals surface area contributed by atoms with Crippen molar-refractivity contribution < 1.29 is 4.52 Å². The molecule has 1 atom stereocenters. The molecule has 0 N–H and O–H groups in total. The second-order valence-corrected chi connectivity index (χ2v) is 4.80. The van der Waals surface area contributed by atoms with Gasteiger partial charge in [0.25, 0.3) is 0 Å². The number of hydrogen-bond acceptors (Lipinski definition) is 3. The maximum Gasteiger partial charge on any atom is 0.226 e. The fourth-order valence-corrected chi connectivity index (χ4v) is 2.21. The molecule has 1 aliphatic rings. The lowest BCUT2D eigenvalue weighted by molar-refractivity contribution is 0.349. The summed E-state index contributed by atoms with van der Waals surface area (Å²) in [6.45, 7) is 2.02. The van der Waals surface area contributed by atoms with Gasteiger partial charge in [-0.25, -0.2) is 0 Å². The zero-order chi connectivity index (χ0) is 10.7. The van der Waals surface area contributed by atoms with Crippen LogP contribution >= 0.6 is 11.6 Å². The molecule has 0 bridgehead atoms. The number of rotatable bonds is 4. The molecule has 0 amide bonds. The van der Waals surface area contributed by atoms with Crippen LogP contribution in [0.15, 0.2) is 4.52 Å². The minimum Gasteiger partial charge on any atom is -0.339 e. The van der Waals surface area contributed by atoms with Crippen LogP contribution in [-0.4, -0.2) is 10.1 Å². The first-order valence-corrected chi connectivity index (χ1v) is 6.19. The van der Waals surface area contributed by atoms with Crippen LogP contribution < -0.4 is 0 Å². The van der Waals surface area contributed by atoms with Crippen molar-refractivity contribution in [1.29, 1.82) is 0 Å². The predicted molar refractivity (Wildman–Crippen MR) is 58.8 cm³/mol. The smallest absolute Gasteiger partial charge is 0.226 e. The van der Waals surface area contributed by atoms with Crippen LogP contribution in [0.1, 0.15) is 56.1 Å². The van der Waals surface area contributed by atoms with E-state index in [9.17, 15) is 0 Å². The van der Waals surface area contributed by atoms with Gasteiger partial charge in [0.05, 0.1) is 5.38 Å². The summed E-state index contributed by atoms with van der Waals surface area (Å²) in [5, 5.41) is 3.81. The van der Waals surface area contributed by atoms with Crippen molar-refractivity contribution in [2.75, 3.05) is 0 Å². The zero-order valence-electron chi connectivity index (χ0n) is 9.08. The normalized spacial score (nSPS) is 19.6. The molecule has 1 saturated carbocycles. The molecule has 1 aromatic heterocycles. The number of hydrogen-bond donors (Lipinski definition) is 0. The first-order valence-electron chi connectivity index (χ1n) is 5.76. The van der Waals surface area contributed by atoms with Gasteiger partial charge in [-0.15, -0.1) is 11.6 Å². The Morgan fingerprint density at radius 3 is 2.87 bits per heavy atom. The van der Waals surface area contributed by atoms with Crippen molar-refractivity contribution >= 4 is 11.6 Å². The molecule has 1 aliphatic carbocycles. The molecule has 0 aromatic carbocycles. The second-order valence-electron chi connectivity index (χ2n) is 4.28. The summed E-state index contributed by atoms with van der Waals surface area (Å²) in [6, 6.07) is 0. The number of nitrogens with zero attached hydrogens (tertiary/aromatic N) is 2. The maximum atomic E-state index is 6.04. The third-order valence-corrected chi connectivity index (χ3v) is 3.56. The van der Waals surface area contributed by atoms with Crippen molar-refractivity contribution in [2.45, 2.75) is 50.8 Å². The van der Waals surface area contributed by atoms with Crippen LogP contribution in [0.3, 0.4) is 0 Å². The molecule has 0 radical (unpaired) electrons. The van der Waals surface area contributed by atoms with Gasteiger partial charge in [0.2, 0.25) is 5.89 Å². The highest BCUT2D eigenvalue weighted by Crippen LogP contribution is 2.28. The van der Waals surface area contributed by atoms with Gasteiger partial charge in [-0.1, -0.05) is 24.9 Å². The minimum absolute atomic E-state index is 0.105. The van der Waals surface area contributed by atoms with Crippen LogP contribution in [0, 0.1) is 5.92 Å². The molecule has 3 nitrogen and oxygen atoms in total. The molecular weight excluding hydrogens is 212 g/mol. The summed E-state index contributed by atoms with van der Waals surface area (Å²) in [5.41, 5.74) is 0. The van der Waals surface area contributed by atoms with E-state index in [1.54, 1.807) is 0 Å². The van der Waals surface area contributed by atoms with Gasteiger partial charge < -0.3 is 4.52 Å². The zero-order valence-corrected chi connectivity index (χ0v) is 9.83. The molecule has 2 rings (SSSR count). The molecule has 15 heavy (non-hydrogen) atoms. The Kier molecular flexibility index (Phi) is 3.62. The van der Waals surface area contributed by atoms with E-state index >= 15 is 0 Å². The average molecular weight is 229 g/mol. The molecule has 0 saturated heterocycles. The number of aromatic nitrogens is 2. The Labute approximate surface area is 95.2 Å². The molecule has 4 heteroatoms. The van der Waals surface area contributed by atoms with Crippen molar-refractivity contribution in [3.63, 3.8) is 0 Å². The molecule has 1 fully saturated rings. The molecule has 1 heterocycles. The molecule has 0 aliphatic heterocycles. The highest BCUT2D eigenvalue weighted by molar-refractivity contribution is 6.20. The van der Waals surface area contributed by atoms with Crippen LogP contribution in [0.25, 0.3) is 0 Å². The van der Waals surface area contributed by atoms with Gasteiger partial charge in [0.1, 0.15) is 0 Å². The summed E-state index contributed by atoms with van der Waals surface area (Å²) in [7, 11) is 0. The van der Waals surface area contributed by atoms with Gasteiger partial charge in [0, 0.05) is 6.42 Å². The molecular formula is C11H17ClN2O. The third kappa shape index (κ3) is 2.71. The van der Waals surface area contributed by atoms with E-state index in [0.717, 1.165) is 24.7 Å². The number of halogens is 1. The average Bonchev–Trinajstić information content (AvgIpc) is 2.88. The first kappa shape index (κ1) is 10.9. The highest BCUT2D eigenvalue weighted by Gasteiger charge is 2.20. The Morgan fingerprint density at radius 1 is 1.47 bits per heavy atom. The van der Waals surface area contributed by atoms with Gasteiger partial charge >= 0.3 is 0 Å². The lowest BCUT2D eigenvalue weighted by Crippen LogP contribution is -1.99. The van der Waals surface area contributed by atoms with Crippen LogP contribution in [0.5, 0.6) is 0 Å². The fraction of sp³-hybridized carbons (Fsp3) is 0.818. The summed E-state index contributed by atoms with van der Waals surface area (Å²) in [5.74, 6) is 2.15. The van der Waals surface area contributed by atoms with Gasteiger partial charge in [0.15, 0.2) is 5.82 Å². The van der Waals surface area contributed by atoms with Crippen molar-refractivity contribution in [3.05, 3.63) is 11.7 Å². The Bertz CT molecular complexity index is 307. The fourth-order valence-electron chi connectivity index (χ4n) is 2.12. The number of alkyl halides is 1. The Hall–Kier alpha value is -0.570. The van der Waals surface area contributed by atoms with Crippen LogP contribution in [0.4, 0.5) is 0 Å². The summed E-state index contributed by atoms with van der Waals surface area (Å²) >= 11 is 6.04. The van der Waals surface area contributed by atoms with Crippen molar-refractivity contribution in [1.82, 2.24) is 10.1 Å². The monoisotopic (exact) mass is 228 g/mol. The molecule has 0 spiro atoms. The third-order valence-electron chi connectivity index (χ3n) is 3.06. The maximum absolute atomic E-state index is 6.04. The van der Waals surface area contributed by atoms with Gasteiger partial charge in [-0.05, 0) is 25.2 Å². The van der Waals surface area contributed by atoms with Gasteiger partial charge in [-0.3, -0.25) is 0 Å². The summed E-state index contributed by atoms with van der Waals surface area (Å²) in [6.07, 6.45) is 7.06. The lowest BCUT2D eigenvalue weighted by Gasteiger charge is -2.02. The lowest BCUT2D eigenvalue weighted by atomic mass is 10.0. The minimum atomic E-state index is -0.105. The Balaban J connectivity index is 1.94. The Morgan fingerprint density at radius 2 is 2.20 bits per heavy atom. The van der Waals surface area contributed by atoms with E-state index in [4.69, 9.17) is 16.1 Å². The second kappa shape index (κ2) is 4.97. The van der Waals surface area contributed by atoms with E-state index in [1.165, 1.54) is 25.7 Å². The van der Waals surface area contributed by atoms with Crippen LogP contribution in [-0.2, 0) is 6.42 Å². The predicted octanol–water partition coefficient (Wildman–Crippen LogP) is 3.49. The molecule has 84 valence electrons. The van der Waals surface area contributed by atoms with E-state index < -0.39 is 0 Å². The standard InChI is InChI=1S/C11H17ClN2O/c1-2-9(12)11-13-10(15-14-11)7-8-5-3-4-6-8/h8-9H,2-7H2,1H3. The van der Waals surface area contributed by atoms with E-state index in [2.05, 4.69) is 10.1 Å². The summed E-state index contributed by atoms with van der Waals surface area (Å²) in [4.78, 5) is 4.33. The van der Waals surface area contributed by atoms with Crippen molar-refractivity contribution in [2.24, 2.45) is 5.92 Å². The van der Waals surface area contributed by atoms with E-state index in [0.29, 0.717) is 5.82 Å². The van der Waals surface area contributed by atoms with E-state index in [1.807, 2.05) is 6.92 Å². The quantitative estimate of drug-likeness (QED) is 0.741. The van der Waals surface area contributed by atoms with E-state index in [-0.39, 0.29) is 5.38 Å². The van der Waals surface area contributed by atoms with Crippen LogP contribution in [0.2, 0.25) is 0 Å².